The minimum absolute atomic E-state index is 0.0221. The minimum atomic E-state index is -0.0221. The molecule has 0 aliphatic carbocycles. The molecular weight excluding hydrogens is 190 g/mol. The van der Waals surface area contributed by atoms with E-state index >= 15 is 0 Å². The van der Waals surface area contributed by atoms with Crippen LogP contribution in [0.2, 0.25) is 0 Å². The second kappa shape index (κ2) is 4.31. The lowest BCUT2D eigenvalue weighted by molar-refractivity contribution is -0.117. The molecule has 1 amide bonds. The molecule has 0 saturated heterocycles. The summed E-state index contributed by atoms with van der Waals surface area (Å²) in [6.07, 6.45) is 0.945. The van der Waals surface area contributed by atoms with Gasteiger partial charge < -0.3 is 16.0 Å². The number of hydrogen-bond donors (Lipinski definition) is 2. The third-order valence-electron chi connectivity index (χ3n) is 2.54. The summed E-state index contributed by atoms with van der Waals surface area (Å²) in [5, 5.41) is 3.30. The van der Waals surface area contributed by atoms with Gasteiger partial charge in [0.1, 0.15) is 0 Å². The average molecular weight is 205 g/mol. The van der Waals surface area contributed by atoms with Crippen molar-refractivity contribution in [2.75, 3.05) is 29.9 Å². The van der Waals surface area contributed by atoms with Gasteiger partial charge in [0, 0.05) is 13.1 Å². The maximum atomic E-state index is 11.7. The number of carbonyl (C=O) groups is 1. The van der Waals surface area contributed by atoms with Gasteiger partial charge >= 0.3 is 0 Å². The molecule has 4 heteroatoms. The molecule has 0 fully saturated rings. The molecule has 1 aliphatic heterocycles. The van der Waals surface area contributed by atoms with Crippen LogP contribution in [0.15, 0.2) is 24.3 Å². The molecule has 0 aromatic heterocycles. The Kier molecular flexibility index (Phi) is 2.87. The highest BCUT2D eigenvalue weighted by atomic mass is 16.2. The standard InChI is InChI=1S/C11H15N3O/c12-8-11(15)14-7-3-6-13-9-4-1-2-5-10(9)14/h1-2,4-5,13H,3,6-8,12H2. The van der Waals surface area contributed by atoms with Crippen molar-refractivity contribution < 1.29 is 4.79 Å². The lowest BCUT2D eigenvalue weighted by atomic mass is 10.2. The van der Waals surface area contributed by atoms with Gasteiger partial charge in [-0.2, -0.15) is 0 Å². The number of para-hydroxylation sites is 2. The fraction of sp³-hybridized carbons (Fsp3) is 0.364. The van der Waals surface area contributed by atoms with Crippen LogP contribution < -0.4 is 16.0 Å². The van der Waals surface area contributed by atoms with E-state index in [9.17, 15) is 4.79 Å². The Balaban J connectivity index is 2.37. The van der Waals surface area contributed by atoms with Crippen molar-refractivity contribution in [1.82, 2.24) is 0 Å². The van der Waals surface area contributed by atoms with E-state index in [-0.39, 0.29) is 12.5 Å². The highest BCUT2D eigenvalue weighted by Gasteiger charge is 2.18. The van der Waals surface area contributed by atoms with Crippen molar-refractivity contribution in [2.24, 2.45) is 5.73 Å². The SMILES string of the molecule is NCC(=O)N1CCCNc2ccccc21. The quantitative estimate of drug-likeness (QED) is 0.712. The first-order valence-corrected chi connectivity index (χ1v) is 5.16. The molecule has 0 saturated carbocycles. The van der Waals surface area contributed by atoms with Crippen molar-refractivity contribution in [3.05, 3.63) is 24.3 Å². The van der Waals surface area contributed by atoms with Crippen LogP contribution in [-0.2, 0) is 4.79 Å². The third kappa shape index (κ3) is 1.94. The van der Waals surface area contributed by atoms with Crippen molar-refractivity contribution in [3.8, 4) is 0 Å². The number of nitrogens with one attached hydrogen (secondary N) is 1. The van der Waals surface area contributed by atoms with Gasteiger partial charge in [-0.1, -0.05) is 12.1 Å². The maximum Gasteiger partial charge on any atom is 0.240 e. The van der Waals surface area contributed by atoms with Gasteiger partial charge in [-0.05, 0) is 18.6 Å². The van der Waals surface area contributed by atoms with E-state index in [2.05, 4.69) is 5.32 Å². The molecule has 15 heavy (non-hydrogen) atoms. The van der Waals surface area contributed by atoms with Crippen LogP contribution in [0.5, 0.6) is 0 Å². The van der Waals surface area contributed by atoms with Crippen LogP contribution in [0.3, 0.4) is 0 Å². The predicted molar refractivity (Wildman–Crippen MR) is 61.0 cm³/mol. The van der Waals surface area contributed by atoms with Gasteiger partial charge in [0.15, 0.2) is 0 Å². The summed E-state index contributed by atoms with van der Waals surface area (Å²) in [5.41, 5.74) is 7.35. The molecule has 0 atom stereocenters. The van der Waals surface area contributed by atoms with Crippen LogP contribution in [0, 0.1) is 0 Å². The van der Waals surface area contributed by atoms with Crippen molar-refractivity contribution in [3.63, 3.8) is 0 Å². The molecule has 0 unspecified atom stereocenters. The molecule has 1 aliphatic rings. The van der Waals surface area contributed by atoms with E-state index in [1.54, 1.807) is 4.90 Å². The summed E-state index contributed by atoms with van der Waals surface area (Å²) < 4.78 is 0. The van der Waals surface area contributed by atoms with Crippen LogP contribution in [0.1, 0.15) is 6.42 Å². The third-order valence-corrected chi connectivity index (χ3v) is 2.54. The predicted octanol–water partition coefficient (Wildman–Crippen LogP) is 0.794. The smallest absolute Gasteiger partial charge is 0.240 e. The molecule has 0 bridgehead atoms. The summed E-state index contributed by atoms with van der Waals surface area (Å²) >= 11 is 0. The monoisotopic (exact) mass is 205 g/mol. The average Bonchev–Trinajstić information content (AvgIpc) is 2.50. The molecule has 0 spiro atoms. The highest BCUT2D eigenvalue weighted by molar-refractivity contribution is 5.98. The van der Waals surface area contributed by atoms with Crippen LogP contribution >= 0.6 is 0 Å². The lowest BCUT2D eigenvalue weighted by Crippen LogP contribution is -2.36. The van der Waals surface area contributed by atoms with Gasteiger partial charge in [0.05, 0.1) is 17.9 Å². The number of rotatable bonds is 1. The zero-order valence-electron chi connectivity index (χ0n) is 8.57. The van der Waals surface area contributed by atoms with E-state index in [1.807, 2.05) is 24.3 Å². The van der Waals surface area contributed by atoms with Crippen LogP contribution in [-0.4, -0.2) is 25.5 Å². The second-order valence-corrected chi connectivity index (χ2v) is 3.55. The number of amides is 1. The molecule has 1 aromatic rings. The molecular formula is C11H15N3O. The maximum absolute atomic E-state index is 11.7. The first-order valence-electron chi connectivity index (χ1n) is 5.16. The normalized spacial score (nSPS) is 15.1. The highest BCUT2D eigenvalue weighted by Crippen LogP contribution is 2.27. The van der Waals surface area contributed by atoms with E-state index in [4.69, 9.17) is 5.73 Å². The summed E-state index contributed by atoms with van der Waals surface area (Å²) in [6.45, 7) is 1.69. The molecule has 1 aromatic carbocycles. The number of nitrogens with zero attached hydrogens (tertiary/aromatic N) is 1. The largest absolute Gasteiger partial charge is 0.383 e. The Hall–Kier alpha value is -1.55. The van der Waals surface area contributed by atoms with E-state index < -0.39 is 0 Å². The van der Waals surface area contributed by atoms with Crippen molar-refractivity contribution in [2.45, 2.75) is 6.42 Å². The first kappa shape index (κ1) is 9.98. The van der Waals surface area contributed by atoms with Gasteiger partial charge in [0.25, 0.3) is 0 Å². The van der Waals surface area contributed by atoms with Gasteiger partial charge in [-0.25, -0.2) is 0 Å². The Morgan fingerprint density at radius 1 is 1.47 bits per heavy atom. The first-order chi connectivity index (χ1) is 7.33. The van der Waals surface area contributed by atoms with Gasteiger partial charge in [0.2, 0.25) is 5.91 Å². The van der Waals surface area contributed by atoms with E-state index in [1.165, 1.54) is 0 Å². The Morgan fingerprint density at radius 2 is 2.27 bits per heavy atom. The molecule has 1 heterocycles. The zero-order valence-corrected chi connectivity index (χ0v) is 8.57. The molecule has 4 nitrogen and oxygen atoms in total. The Morgan fingerprint density at radius 3 is 3.07 bits per heavy atom. The molecule has 80 valence electrons. The zero-order chi connectivity index (χ0) is 10.7. The van der Waals surface area contributed by atoms with Gasteiger partial charge in [-0.15, -0.1) is 0 Å². The van der Waals surface area contributed by atoms with E-state index in [0.717, 1.165) is 30.9 Å². The van der Waals surface area contributed by atoms with Crippen molar-refractivity contribution in [1.29, 1.82) is 0 Å². The lowest BCUT2D eigenvalue weighted by Gasteiger charge is -2.21. The van der Waals surface area contributed by atoms with Gasteiger partial charge in [-0.3, -0.25) is 4.79 Å². The van der Waals surface area contributed by atoms with Crippen LogP contribution in [0.4, 0.5) is 11.4 Å². The second-order valence-electron chi connectivity index (χ2n) is 3.55. The number of carbonyl (C=O) groups excluding carboxylic acids is 1. The summed E-state index contributed by atoms with van der Waals surface area (Å²) in [7, 11) is 0. The number of anilines is 2. The molecule has 3 N–H and O–H groups in total. The van der Waals surface area contributed by atoms with Crippen LogP contribution in [0.25, 0.3) is 0 Å². The molecule has 0 radical (unpaired) electrons. The summed E-state index contributed by atoms with van der Waals surface area (Å²) in [6, 6.07) is 7.82. The minimum Gasteiger partial charge on any atom is -0.383 e. The van der Waals surface area contributed by atoms with E-state index in [0.29, 0.717) is 0 Å². The fourth-order valence-electron chi connectivity index (χ4n) is 1.81. The number of hydrogen-bond acceptors (Lipinski definition) is 3. The number of fused-ring (bicyclic) bond motifs is 1. The summed E-state index contributed by atoms with van der Waals surface area (Å²) in [4.78, 5) is 13.4. The summed E-state index contributed by atoms with van der Waals surface area (Å²) in [5.74, 6) is -0.0221. The fourth-order valence-corrected chi connectivity index (χ4v) is 1.81. The van der Waals surface area contributed by atoms with Crippen molar-refractivity contribution >= 4 is 17.3 Å². The topological polar surface area (TPSA) is 58.4 Å². The Labute approximate surface area is 89.1 Å². The Bertz CT molecular complexity index is 365. The number of nitrogens with two attached hydrogens (primary N) is 1. The molecule has 2 rings (SSSR count). The number of benzene rings is 1.